The first-order valence-corrected chi connectivity index (χ1v) is 12.5. The highest BCUT2D eigenvalue weighted by molar-refractivity contribution is 7.20. The third-order valence-electron chi connectivity index (χ3n) is 6.04. The monoisotopic (exact) mass is 472 g/mol. The maximum atomic E-state index is 13.2. The molecule has 170 valence electrons. The first-order chi connectivity index (χ1) is 15.5. The molecular weight excluding hydrogens is 444 g/mol. The molecular formula is C24H29ClN4O2S. The first kappa shape index (κ1) is 22.8. The Kier molecular flexibility index (Phi) is 7.16. The number of piperidine rings is 1. The molecule has 2 aromatic heterocycles. The van der Waals surface area contributed by atoms with Crippen LogP contribution in [0.1, 0.15) is 54.4 Å². The van der Waals surface area contributed by atoms with Crippen molar-refractivity contribution < 1.29 is 9.59 Å². The fraction of sp³-hybridized carbons (Fsp3) is 0.458. The van der Waals surface area contributed by atoms with Crippen molar-refractivity contribution in [2.24, 2.45) is 5.92 Å². The molecule has 0 aliphatic carbocycles. The Hall–Kier alpha value is -2.38. The van der Waals surface area contributed by atoms with Gasteiger partial charge in [-0.1, -0.05) is 37.4 Å². The number of nitrogens with zero attached hydrogens (tertiary/aromatic N) is 3. The Bertz CT molecular complexity index is 1110. The van der Waals surface area contributed by atoms with Crippen LogP contribution in [-0.2, 0) is 4.79 Å². The van der Waals surface area contributed by atoms with Crippen molar-refractivity contribution >= 4 is 45.0 Å². The number of hydrogen-bond donors (Lipinski definition) is 1. The molecule has 3 aromatic rings. The maximum absolute atomic E-state index is 13.2. The number of carbonyl (C=O) groups excluding carboxylic acids is 2. The summed E-state index contributed by atoms with van der Waals surface area (Å²) in [6.45, 7) is 6.07. The predicted molar refractivity (Wildman–Crippen MR) is 130 cm³/mol. The van der Waals surface area contributed by atoms with Gasteiger partial charge < -0.3 is 10.2 Å². The van der Waals surface area contributed by atoms with Gasteiger partial charge in [0.2, 0.25) is 5.91 Å². The third kappa shape index (κ3) is 4.84. The Balaban J connectivity index is 1.43. The number of rotatable bonds is 7. The van der Waals surface area contributed by atoms with E-state index in [9.17, 15) is 9.59 Å². The molecule has 0 bridgehead atoms. The summed E-state index contributed by atoms with van der Waals surface area (Å²) in [7, 11) is 0. The van der Waals surface area contributed by atoms with Crippen LogP contribution in [0.3, 0.4) is 0 Å². The molecule has 0 radical (unpaired) electrons. The van der Waals surface area contributed by atoms with Crippen molar-refractivity contribution in [1.82, 2.24) is 20.0 Å². The maximum Gasteiger partial charge on any atom is 0.264 e. The van der Waals surface area contributed by atoms with E-state index < -0.39 is 0 Å². The highest BCUT2D eigenvalue weighted by atomic mass is 35.5. The molecule has 1 N–H and O–H groups in total. The largest absolute Gasteiger partial charge is 0.356 e. The van der Waals surface area contributed by atoms with Crippen LogP contribution in [0.2, 0.25) is 5.02 Å². The minimum atomic E-state index is 0.00159. The molecule has 1 aliphatic rings. The number of fused-ring (bicyclic) bond motifs is 1. The molecule has 8 heteroatoms. The molecule has 3 heterocycles. The van der Waals surface area contributed by atoms with E-state index in [1.165, 1.54) is 11.3 Å². The SMILES string of the molecule is CCCCCNC(=O)C1CCN(C(=O)c2cc3c(C)nn(-c4cccc(Cl)c4)c3s2)CC1. The van der Waals surface area contributed by atoms with Crippen LogP contribution in [0.25, 0.3) is 15.9 Å². The molecule has 0 spiro atoms. The lowest BCUT2D eigenvalue weighted by Gasteiger charge is -2.31. The molecule has 32 heavy (non-hydrogen) atoms. The predicted octanol–water partition coefficient (Wildman–Crippen LogP) is 5.21. The molecule has 6 nitrogen and oxygen atoms in total. The zero-order chi connectivity index (χ0) is 22.7. The van der Waals surface area contributed by atoms with E-state index in [0.717, 1.165) is 47.4 Å². The lowest BCUT2D eigenvalue weighted by atomic mass is 9.95. The Labute approximate surface area is 197 Å². The van der Waals surface area contributed by atoms with E-state index >= 15 is 0 Å². The van der Waals surface area contributed by atoms with E-state index in [4.69, 9.17) is 11.6 Å². The van der Waals surface area contributed by atoms with Gasteiger partial charge in [-0.3, -0.25) is 9.59 Å². The molecule has 0 unspecified atom stereocenters. The number of aromatic nitrogens is 2. The summed E-state index contributed by atoms with van der Waals surface area (Å²) in [5.41, 5.74) is 1.76. The van der Waals surface area contributed by atoms with Crippen LogP contribution in [0, 0.1) is 12.8 Å². The Morgan fingerprint density at radius 1 is 1.22 bits per heavy atom. The number of benzene rings is 1. The normalized spacial score (nSPS) is 14.8. The van der Waals surface area contributed by atoms with Crippen molar-refractivity contribution in [3.63, 3.8) is 0 Å². The van der Waals surface area contributed by atoms with E-state index in [1.807, 2.05) is 46.8 Å². The van der Waals surface area contributed by atoms with E-state index in [-0.39, 0.29) is 17.7 Å². The van der Waals surface area contributed by atoms with Crippen molar-refractivity contribution in [1.29, 1.82) is 0 Å². The van der Waals surface area contributed by atoms with Gasteiger partial charge in [0.05, 0.1) is 16.3 Å². The second-order valence-corrected chi connectivity index (χ2v) is 9.84. The molecule has 0 atom stereocenters. The lowest BCUT2D eigenvalue weighted by molar-refractivity contribution is -0.126. The molecule has 4 rings (SSSR count). The third-order valence-corrected chi connectivity index (χ3v) is 7.37. The summed E-state index contributed by atoms with van der Waals surface area (Å²) in [4.78, 5) is 29.1. The van der Waals surface area contributed by atoms with Gasteiger partial charge in [0.15, 0.2) is 0 Å². The van der Waals surface area contributed by atoms with Crippen LogP contribution in [-0.4, -0.2) is 46.1 Å². The minimum Gasteiger partial charge on any atom is -0.356 e. The van der Waals surface area contributed by atoms with Crippen molar-refractivity contribution in [3.8, 4) is 5.69 Å². The highest BCUT2D eigenvalue weighted by Gasteiger charge is 2.29. The zero-order valence-electron chi connectivity index (χ0n) is 18.6. The van der Waals surface area contributed by atoms with Crippen molar-refractivity contribution in [2.75, 3.05) is 19.6 Å². The topological polar surface area (TPSA) is 67.2 Å². The van der Waals surface area contributed by atoms with Crippen molar-refractivity contribution in [2.45, 2.75) is 46.0 Å². The smallest absolute Gasteiger partial charge is 0.264 e. The average Bonchev–Trinajstić information content (AvgIpc) is 3.37. The molecule has 2 amide bonds. The van der Waals surface area contributed by atoms with E-state index in [1.54, 1.807) is 0 Å². The number of unbranched alkanes of at least 4 members (excludes halogenated alkanes) is 2. The Morgan fingerprint density at radius 3 is 2.72 bits per heavy atom. The molecule has 1 fully saturated rings. The number of amides is 2. The summed E-state index contributed by atoms with van der Waals surface area (Å²) in [6.07, 6.45) is 4.73. The van der Waals surface area contributed by atoms with Gasteiger partial charge in [-0.2, -0.15) is 5.10 Å². The van der Waals surface area contributed by atoms with E-state index in [0.29, 0.717) is 35.8 Å². The van der Waals surface area contributed by atoms with Crippen LogP contribution < -0.4 is 5.32 Å². The van der Waals surface area contributed by atoms with Gasteiger partial charge in [-0.05, 0) is 50.5 Å². The standard InChI is InChI=1S/C24H29ClN4O2S/c1-3-4-5-11-26-22(30)17-9-12-28(13-10-17)23(31)21-15-20-16(2)27-29(24(20)32-21)19-8-6-7-18(25)14-19/h6-8,14-15,17H,3-5,9-13H2,1-2H3,(H,26,30). The lowest BCUT2D eigenvalue weighted by Crippen LogP contribution is -2.43. The molecule has 1 saturated heterocycles. The van der Waals surface area contributed by atoms with Gasteiger partial charge in [-0.15, -0.1) is 11.3 Å². The quantitative estimate of drug-likeness (QED) is 0.480. The number of thiophene rings is 1. The summed E-state index contributed by atoms with van der Waals surface area (Å²) in [5, 5.41) is 9.32. The fourth-order valence-electron chi connectivity index (χ4n) is 4.17. The van der Waals surface area contributed by atoms with Crippen LogP contribution in [0.5, 0.6) is 0 Å². The summed E-state index contributed by atoms with van der Waals surface area (Å²) in [6, 6.07) is 9.49. The fourth-order valence-corrected chi connectivity index (χ4v) is 5.50. The second-order valence-electron chi connectivity index (χ2n) is 8.37. The number of halogens is 1. The van der Waals surface area contributed by atoms with Gasteiger partial charge in [0.1, 0.15) is 4.83 Å². The summed E-state index contributed by atoms with van der Waals surface area (Å²) in [5.74, 6) is 0.166. The molecule has 1 aromatic carbocycles. The molecule has 1 aliphatic heterocycles. The zero-order valence-corrected chi connectivity index (χ0v) is 20.1. The van der Waals surface area contributed by atoms with Gasteiger partial charge >= 0.3 is 0 Å². The van der Waals surface area contributed by atoms with Gasteiger partial charge in [0.25, 0.3) is 5.91 Å². The number of hydrogen-bond acceptors (Lipinski definition) is 4. The molecule has 0 saturated carbocycles. The van der Waals surface area contributed by atoms with Crippen LogP contribution in [0.4, 0.5) is 0 Å². The van der Waals surface area contributed by atoms with E-state index in [2.05, 4.69) is 17.3 Å². The number of nitrogens with one attached hydrogen (secondary N) is 1. The average molecular weight is 473 g/mol. The van der Waals surface area contributed by atoms with Crippen molar-refractivity contribution in [3.05, 3.63) is 45.9 Å². The minimum absolute atomic E-state index is 0.00159. The Morgan fingerprint density at radius 2 is 2.00 bits per heavy atom. The summed E-state index contributed by atoms with van der Waals surface area (Å²) < 4.78 is 1.85. The first-order valence-electron chi connectivity index (χ1n) is 11.3. The summed E-state index contributed by atoms with van der Waals surface area (Å²) >= 11 is 7.62. The van der Waals surface area contributed by atoms with Gasteiger partial charge in [0, 0.05) is 36.0 Å². The highest BCUT2D eigenvalue weighted by Crippen LogP contribution is 2.32. The number of likely N-dealkylation sites (tertiary alicyclic amines) is 1. The number of aryl methyl sites for hydroxylation is 1. The van der Waals surface area contributed by atoms with Crippen LogP contribution in [0.15, 0.2) is 30.3 Å². The second kappa shape index (κ2) is 10.0. The number of carbonyl (C=O) groups is 2. The van der Waals surface area contributed by atoms with Crippen LogP contribution >= 0.6 is 22.9 Å². The van der Waals surface area contributed by atoms with Gasteiger partial charge in [-0.25, -0.2) is 4.68 Å².